The third-order valence-corrected chi connectivity index (χ3v) is 0. The average Bonchev–Trinajstić information content (AvgIpc) is 0. The molecule has 4 heavy (non-hydrogen) atoms. The van der Waals surface area contributed by atoms with E-state index in [0.29, 0.717) is 0 Å². The summed E-state index contributed by atoms with van der Waals surface area (Å²) in [7, 11) is 0. The molecule has 0 saturated heterocycles. The van der Waals surface area contributed by atoms with E-state index in [1.54, 1.807) is 0 Å². The van der Waals surface area contributed by atoms with E-state index < -0.39 is 0 Å². The van der Waals surface area contributed by atoms with Crippen LogP contribution in [0.1, 0.15) is 0 Å². The molecular weight excluding hydrogens is 301 g/mol. The van der Waals surface area contributed by atoms with Crippen molar-refractivity contribution in [3.8, 4) is 0 Å². The Labute approximate surface area is 59.3 Å². The summed E-state index contributed by atoms with van der Waals surface area (Å²) in [4.78, 5) is 0. The van der Waals surface area contributed by atoms with Crippen molar-refractivity contribution in [1.82, 2.24) is 0 Å². The Bertz CT molecular complexity index is 8.00. The van der Waals surface area contributed by atoms with Gasteiger partial charge in [0.2, 0.25) is 0 Å². The Morgan fingerprint density at radius 1 is 1.00 bits per heavy atom. The summed E-state index contributed by atoms with van der Waals surface area (Å²) in [5, 5.41) is 0. The Balaban J connectivity index is 0. The molecule has 0 fully saturated rings. The minimum atomic E-state index is 0. The summed E-state index contributed by atoms with van der Waals surface area (Å²) in [5.41, 5.74) is 0. The quantitative estimate of drug-likeness (QED) is 0.422. The van der Waals surface area contributed by atoms with Crippen LogP contribution in [0.5, 0.6) is 0 Å². The first-order valence-electron chi connectivity index (χ1n) is 0. The van der Waals surface area contributed by atoms with Gasteiger partial charge in [-0.05, 0) is 0 Å². The van der Waals surface area contributed by atoms with Crippen molar-refractivity contribution in [3.05, 3.63) is 0 Å². The zero-order valence-corrected chi connectivity index (χ0v) is 10.4. The van der Waals surface area contributed by atoms with Gasteiger partial charge in [0, 0.05) is 19.5 Å². The van der Waals surface area contributed by atoms with Gasteiger partial charge in [0.1, 0.15) is 0 Å². The molecule has 0 bridgehead atoms. The van der Waals surface area contributed by atoms with E-state index in [1.807, 2.05) is 0 Å². The van der Waals surface area contributed by atoms with Gasteiger partial charge in [-0.25, -0.2) is 0 Å². The molecule has 0 rings (SSSR count). The molecule has 0 aliphatic heterocycles. The van der Waals surface area contributed by atoms with Gasteiger partial charge in [0.15, 0.2) is 0 Å². The smallest absolute Gasteiger partial charge is 0 e. The van der Waals surface area contributed by atoms with E-state index in [0.717, 1.165) is 0 Å². The van der Waals surface area contributed by atoms with Crippen LogP contribution < -0.4 is 0 Å². The molecule has 0 unspecified atom stereocenters. The predicted octanol–water partition coefficient (Wildman–Crippen LogP) is -3.20. The van der Waals surface area contributed by atoms with Crippen LogP contribution in [0, 0.1) is 0 Å². The topological polar surface area (TPSA) is 31.5 Å². The molecule has 0 spiro atoms. The van der Waals surface area contributed by atoms with Crippen molar-refractivity contribution in [1.29, 1.82) is 0 Å². The summed E-state index contributed by atoms with van der Waals surface area (Å²) < 4.78 is 0. The molecule has 0 aliphatic rings. The second-order valence-electron chi connectivity index (χ2n) is 0. The maximum absolute atomic E-state index is 0. The van der Waals surface area contributed by atoms with E-state index >= 15 is 0 Å². The maximum Gasteiger partial charge on any atom is 0 e. The monoisotopic (exact) mass is 308 g/mol. The first-order valence-corrected chi connectivity index (χ1v) is 0. The molecule has 0 saturated carbocycles. The van der Waals surface area contributed by atoms with E-state index in [9.17, 15) is 0 Å². The minimum absolute atomic E-state index is 0. The summed E-state index contributed by atoms with van der Waals surface area (Å²) in [6.45, 7) is 0. The van der Waals surface area contributed by atoms with E-state index in [2.05, 4.69) is 0 Å². The Kier molecular flexibility index (Phi) is 292. The van der Waals surface area contributed by atoms with Crippen LogP contribution in [-0.2, 0) is 19.5 Å². The fourth-order valence-electron chi connectivity index (χ4n) is 0. The molecule has 1 nitrogen and oxygen atoms in total. The zero-order valence-electron chi connectivity index (χ0n) is 1.91. The van der Waals surface area contributed by atoms with Crippen LogP contribution in [0.3, 0.4) is 0 Å². The molecule has 0 aromatic heterocycles. The first kappa shape index (κ1) is 48.4. The Morgan fingerprint density at radius 2 is 1.00 bits per heavy atom. The van der Waals surface area contributed by atoms with E-state index in [1.165, 1.54) is 0 Å². The summed E-state index contributed by atoms with van der Waals surface area (Å²) in [6.07, 6.45) is 0. The molecule has 0 heterocycles. The maximum atomic E-state index is 0. The number of rotatable bonds is 0. The van der Waals surface area contributed by atoms with Crippen LogP contribution in [0.4, 0.5) is 0 Å². The summed E-state index contributed by atoms with van der Waals surface area (Å²) in [5.74, 6) is 0. The van der Waals surface area contributed by atoms with Crippen LogP contribution in [-0.4, -0.2) is 40.1 Å². The Hall–Kier alpha value is 1.53. The molecule has 0 amide bonds. The standard InChI is InChI=1S/BH3.Bi.H2O.Zn.3H/h1H3;;1H2;;;;. The van der Waals surface area contributed by atoms with E-state index in [4.69, 9.17) is 0 Å². The average molecular weight is 309 g/mol. The van der Waals surface area contributed by atoms with Crippen molar-refractivity contribution < 1.29 is 25.0 Å². The summed E-state index contributed by atoms with van der Waals surface area (Å²) in [6, 6.07) is 0. The third-order valence-electron chi connectivity index (χ3n) is 0. The van der Waals surface area contributed by atoms with Gasteiger partial charge in [-0.1, -0.05) is 0 Å². The normalized spacial score (nSPS) is 0. The van der Waals surface area contributed by atoms with Gasteiger partial charge in [-0.15, -0.1) is 0 Å². The van der Waals surface area contributed by atoms with Gasteiger partial charge in [-0.2, -0.15) is 0 Å². The second kappa shape index (κ2) is 24.1. The van der Waals surface area contributed by atoms with Crippen molar-refractivity contribution >= 4 is 34.6 Å². The van der Waals surface area contributed by atoms with Gasteiger partial charge in [-0.3, -0.25) is 0 Å². The van der Waals surface area contributed by atoms with Gasteiger partial charge < -0.3 is 5.48 Å². The zero-order chi connectivity index (χ0) is 0. The number of hydrogen-bond acceptors (Lipinski definition) is 0. The van der Waals surface area contributed by atoms with Crippen LogP contribution in [0.15, 0.2) is 0 Å². The van der Waals surface area contributed by atoms with Crippen molar-refractivity contribution in [3.63, 3.8) is 0 Å². The van der Waals surface area contributed by atoms with Crippen molar-refractivity contribution in [2.24, 2.45) is 0 Å². The molecule has 0 aromatic carbocycles. The van der Waals surface area contributed by atoms with Gasteiger partial charge >= 0.3 is 26.2 Å². The predicted molar refractivity (Wildman–Crippen MR) is 23.5 cm³/mol. The molecule has 2 N–H and O–H groups in total. The molecule has 4 heteroatoms. The van der Waals surface area contributed by atoms with Gasteiger partial charge in [0.05, 0.1) is 8.41 Å². The van der Waals surface area contributed by atoms with Crippen LogP contribution >= 0.6 is 0 Å². The van der Waals surface area contributed by atoms with Crippen molar-refractivity contribution in [2.45, 2.75) is 0 Å². The van der Waals surface area contributed by atoms with Gasteiger partial charge in [0.25, 0.3) is 0 Å². The van der Waals surface area contributed by atoms with E-state index in [-0.39, 0.29) is 59.6 Å². The molecule has 0 aromatic rings. The largest absolute Gasteiger partial charge is 0 e. The van der Waals surface area contributed by atoms with Crippen LogP contribution in [0.2, 0.25) is 0 Å². The molecule has 24 valence electrons. The van der Waals surface area contributed by atoms with Crippen LogP contribution in [0.25, 0.3) is 0 Å². The molecule has 0 atom stereocenters. The fourth-order valence-corrected chi connectivity index (χ4v) is 0. The first-order chi connectivity index (χ1) is 0. The molecular formula is H8BBiOZn. The Morgan fingerprint density at radius 3 is 1.00 bits per heavy atom. The summed E-state index contributed by atoms with van der Waals surface area (Å²) >= 11 is 0. The molecule has 0 radical (unpaired) electrons. The number of hydrogen-bond donors (Lipinski definition) is 0. The second-order valence-corrected chi connectivity index (χ2v) is 0. The van der Waals surface area contributed by atoms with Crippen molar-refractivity contribution in [2.75, 3.05) is 0 Å². The minimum Gasteiger partial charge on any atom is 0 e. The fraction of sp³-hybridized carbons (Fsp3) is 0. The third kappa shape index (κ3) is 9.65. The SMILES string of the molecule is B.O.[BiH3].[Zn]. The molecule has 0 aliphatic carbocycles.